The fraction of sp³-hybridized carbons (Fsp3) is 0. The SMILES string of the molecule is c1ccc(-c2nc(-c3ccccc3)nc(-c3cccc(-n4c5ccccc5c5ccc(-c6cn7ccccc7n6)cc54)c3)n2)cc1. The number of nitrogens with zero attached hydrogens (tertiary/aromatic N) is 6. The second-order valence-corrected chi connectivity index (χ2v) is 11.3. The number of imidazole rings is 1. The number of benzene rings is 5. The second-order valence-electron chi connectivity index (χ2n) is 11.3. The van der Waals surface area contributed by atoms with Crippen molar-refractivity contribution in [2.24, 2.45) is 0 Å². The van der Waals surface area contributed by atoms with Gasteiger partial charge in [0.05, 0.1) is 16.7 Å². The zero-order chi connectivity index (χ0) is 30.5. The Hall–Kier alpha value is -6.40. The Kier molecular flexibility index (Phi) is 6.03. The van der Waals surface area contributed by atoms with Crippen molar-refractivity contribution >= 4 is 27.5 Å². The third-order valence-electron chi connectivity index (χ3n) is 8.40. The summed E-state index contributed by atoms with van der Waals surface area (Å²) < 4.78 is 4.38. The summed E-state index contributed by atoms with van der Waals surface area (Å²) in [5, 5.41) is 2.38. The molecule has 4 heterocycles. The van der Waals surface area contributed by atoms with Gasteiger partial charge in [-0.25, -0.2) is 19.9 Å². The van der Waals surface area contributed by atoms with E-state index in [0.29, 0.717) is 17.5 Å². The van der Waals surface area contributed by atoms with Crippen LogP contribution in [0.25, 0.3) is 78.6 Å². The topological polar surface area (TPSA) is 60.9 Å². The number of rotatable bonds is 5. The minimum Gasteiger partial charge on any atom is -0.309 e. The minimum atomic E-state index is 0.626. The van der Waals surface area contributed by atoms with Crippen molar-refractivity contribution in [3.8, 4) is 51.1 Å². The molecule has 4 aromatic heterocycles. The molecule has 216 valence electrons. The highest BCUT2D eigenvalue weighted by Crippen LogP contribution is 2.36. The van der Waals surface area contributed by atoms with Crippen molar-refractivity contribution in [2.75, 3.05) is 0 Å². The first-order chi connectivity index (χ1) is 22.8. The van der Waals surface area contributed by atoms with Crippen molar-refractivity contribution in [2.45, 2.75) is 0 Å². The number of aromatic nitrogens is 6. The number of fused-ring (bicyclic) bond motifs is 4. The largest absolute Gasteiger partial charge is 0.309 e. The Balaban J connectivity index is 1.23. The van der Waals surface area contributed by atoms with Crippen molar-refractivity contribution < 1.29 is 0 Å². The summed E-state index contributed by atoms with van der Waals surface area (Å²) in [4.78, 5) is 19.7. The van der Waals surface area contributed by atoms with E-state index in [4.69, 9.17) is 19.9 Å². The Labute approximate surface area is 264 Å². The molecule has 9 rings (SSSR count). The summed E-state index contributed by atoms with van der Waals surface area (Å²) in [6, 6.07) is 49.8. The van der Waals surface area contributed by atoms with Crippen molar-refractivity contribution in [3.05, 3.63) is 158 Å². The Morgan fingerprint density at radius 2 is 1.04 bits per heavy atom. The summed E-state index contributed by atoms with van der Waals surface area (Å²) in [7, 11) is 0. The quantitative estimate of drug-likeness (QED) is 0.200. The van der Waals surface area contributed by atoms with Crippen LogP contribution in [-0.4, -0.2) is 28.9 Å². The van der Waals surface area contributed by atoms with Gasteiger partial charge in [0.25, 0.3) is 0 Å². The van der Waals surface area contributed by atoms with Gasteiger partial charge in [-0.05, 0) is 36.4 Å². The maximum Gasteiger partial charge on any atom is 0.164 e. The van der Waals surface area contributed by atoms with Gasteiger partial charge in [0.1, 0.15) is 5.65 Å². The summed E-state index contributed by atoms with van der Waals surface area (Å²) >= 11 is 0. The predicted octanol–water partition coefficient (Wildman–Crippen LogP) is 9.28. The fourth-order valence-corrected chi connectivity index (χ4v) is 6.20. The number of hydrogen-bond acceptors (Lipinski definition) is 4. The van der Waals surface area contributed by atoms with Crippen LogP contribution < -0.4 is 0 Å². The van der Waals surface area contributed by atoms with Crippen molar-refractivity contribution in [1.29, 1.82) is 0 Å². The first kappa shape index (κ1) is 26.0. The van der Waals surface area contributed by atoms with Crippen LogP contribution in [0.2, 0.25) is 0 Å². The minimum absolute atomic E-state index is 0.626. The first-order valence-electron chi connectivity index (χ1n) is 15.2. The maximum absolute atomic E-state index is 4.98. The van der Waals surface area contributed by atoms with Crippen LogP contribution in [0.3, 0.4) is 0 Å². The zero-order valence-electron chi connectivity index (χ0n) is 24.7. The van der Waals surface area contributed by atoms with E-state index in [1.54, 1.807) is 0 Å². The maximum atomic E-state index is 4.98. The Bertz CT molecular complexity index is 2440. The van der Waals surface area contributed by atoms with E-state index < -0.39 is 0 Å². The molecule has 0 bridgehead atoms. The predicted molar refractivity (Wildman–Crippen MR) is 185 cm³/mol. The van der Waals surface area contributed by atoms with Gasteiger partial charge in [-0.15, -0.1) is 0 Å². The molecule has 6 nitrogen and oxygen atoms in total. The van der Waals surface area contributed by atoms with Gasteiger partial charge in [0, 0.05) is 51.1 Å². The molecule has 0 atom stereocenters. The van der Waals surface area contributed by atoms with E-state index in [1.807, 2.05) is 85.1 Å². The van der Waals surface area contributed by atoms with Crippen LogP contribution >= 0.6 is 0 Å². The molecule has 9 aromatic rings. The van der Waals surface area contributed by atoms with Crippen LogP contribution in [0.15, 0.2) is 158 Å². The smallest absolute Gasteiger partial charge is 0.164 e. The molecule has 0 spiro atoms. The highest BCUT2D eigenvalue weighted by Gasteiger charge is 2.17. The Morgan fingerprint density at radius 1 is 0.413 bits per heavy atom. The number of para-hydroxylation sites is 1. The molecular formula is C40H26N6. The zero-order valence-corrected chi connectivity index (χ0v) is 24.7. The number of hydrogen-bond donors (Lipinski definition) is 0. The summed E-state index contributed by atoms with van der Waals surface area (Å²) in [6.07, 6.45) is 4.11. The molecule has 5 aromatic carbocycles. The van der Waals surface area contributed by atoms with Crippen LogP contribution in [0, 0.1) is 0 Å². The monoisotopic (exact) mass is 590 g/mol. The average Bonchev–Trinajstić information content (AvgIpc) is 3.72. The summed E-state index contributed by atoms with van der Waals surface area (Å²) in [6.45, 7) is 0. The van der Waals surface area contributed by atoms with E-state index in [1.165, 1.54) is 10.8 Å². The third-order valence-corrected chi connectivity index (χ3v) is 8.40. The van der Waals surface area contributed by atoms with Crippen LogP contribution in [-0.2, 0) is 0 Å². The highest BCUT2D eigenvalue weighted by molar-refractivity contribution is 6.10. The van der Waals surface area contributed by atoms with E-state index in [0.717, 1.165) is 50.3 Å². The van der Waals surface area contributed by atoms with Gasteiger partial charge >= 0.3 is 0 Å². The lowest BCUT2D eigenvalue weighted by Crippen LogP contribution is -2.01. The van der Waals surface area contributed by atoms with Gasteiger partial charge in [0.2, 0.25) is 0 Å². The van der Waals surface area contributed by atoms with Gasteiger partial charge in [-0.3, -0.25) is 0 Å². The lowest BCUT2D eigenvalue weighted by atomic mass is 10.1. The van der Waals surface area contributed by atoms with E-state index in [-0.39, 0.29) is 0 Å². The van der Waals surface area contributed by atoms with Crippen molar-refractivity contribution in [1.82, 2.24) is 28.9 Å². The summed E-state index contributed by atoms with van der Waals surface area (Å²) in [5.74, 6) is 1.91. The molecule has 0 fully saturated rings. The molecule has 0 N–H and O–H groups in total. The molecule has 0 amide bonds. The van der Waals surface area contributed by atoms with Crippen LogP contribution in [0.4, 0.5) is 0 Å². The average molecular weight is 591 g/mol. The fourth-order valence-electron chi connectivity index (χ4n) is 6.20. The van der Waals surface area contributed by atoms with Crippen LogP contribution in [0.5, 0.6) is 0 Å². The lowest BCUT2D eigenvalue weighted by molar-refractivity contribution is 1.07. The molecule has 0 aliphatic heterocycles. The summed E-state index contributed by atoms with van der Waals surface area (Å²) in [5.41, 5.74) is 9.00. The number of pyridine rings is 1. The first-order valence-corrected chi connectivity index (χ1v) is 15.2. The van der Waals surface area contributed by atoms with Gasteiger partial charge in [0.15, 0.2) is 17.5 Å². The van der Waals surface area contributed by atoms with E-state index >= 15 is 0 Å². The van der Waals surface area contributed by atoms with Gasteiger partial charge in [-0.2, -0.15) is 0 Å². The molecule has 0 aliphatic carbocycles. The molecule has 0 radical (unpaired) electrons. The van der Waals surface area contributed by atoms with Gasteiger partial charge < -0.3 is 8.97 Å². The molecule has 0 aliphatic rings. The van der Waals surface area contributed by atoms with Crippen molar-refractivity contribution in [3.63, 3.8) is 0 Å². The molecule has 0 saturated carbocycles. The molecule has 46 heavy (non-hydrogen) atoms. The molecule has 6 heteroatoms. The lowest BCUT2D eigenvalue weighted by Gasteiger charge is -2.12. The standard InChI is InChI=1S/C40H26N6/c1-3-12-27(13-4-1)38-42-39(28-14-5-2-6-15-28)44-40(43-38)30-16-11-17-31(24-30)46-35-19-8-7-18-32(35)33-22-21-29(25-36(33)46)34-26-45-23-10-9-20-37(45)41-34/h1-26H. The molecular weight excluding hydrogens is 564 g/mol. The third kappa shape index (κ3) is 4.43. The highest BCUT2D eigenvalue weighted by atomic mass is 15.0. The molecule has 0 saturated heterocycles. The van der Waals surface area contributed by atoms with Crippen LogP contribution in [0.1, 0.15) is 0 Å². The second kappa shape index (κ2) is 10.6. The van der Waals surface area contributed by atoms with Gasteiger partial charge in [-0.1, -0.05) is 109 Å². The Morgan fingerprint density at radius 3 is 1.78 bits per heavy atom. The van der Waals surface area contributed by atoms with E-state index in [9.17, 15) is 0 Å². The normalized spacial score (nSPS) is 11.5. The van der Waals surface area contributed by atoms with E-state index in [2.05, 4.69) is 81.9 Å². The molecule has 0 unspecified atom stereocenters.